The van der Waals surface area contributed by atoms with E-state index in [0.717, 1.165) is 24.0 Å². The standard InChI is InChI=1S/C24H28N4O4S/c1-16-10-12-28(13-11-16)33(30,31)21-8-6-19(7-9-21)23(29)25-24-27-26-22(32-24)15-20-5-4-17(2)14-18(20)3/h4-9,14,16H,10-13,15H2,1-3H3,(H,25,27,29). The van der Waals surface area contributed by atoms with Crippen molar-refractivity contribution in [3.8, 4) is 0 Å². The van der Waals surface area contributed by atoms with Crippen LogP contribution in [0.1, 0.15) is 52.7 Å². The Bertz CT molecular complexity index is 1240. The molecule has 0 spiro atoms. The number of nitrogens with zero attached hydrogens (tertiary/aromatic N) is 3. The minimum atomic E-state index is -3.56. The van der Waals surface area contributed by atoms with E-state index in [1.165, 1.54) is 34.1 Å². The number of benzene rings is 2. The number of carbonyl (C=O) groups excluding carboxylic acids is 1. The fraction of sp³-hybridized carbons (Fsp3) is 0.375. The molecule has 1 fully saturated rings. The van der Waals surface area contributed by atoms with Gasteiger partial charge in [-0.3, -0.25) is 10.1 Å². The normalized spacial score (nSPS) is 15.5. The summed E-state index contributed by atoms with van der Waals surface area (Å²) in [6, 6.07) is 12.0. The van der Waals surface area contributed by atoms with Crippen molar-refractivity contribution in [3.05, 3.63) is 70.6 Å². The van der Waals surface area contributed by atoms with Crippen LogP contribution in [0.15, 0.2) is 51.8 Å². The average Bonchev–Trinajstić information content (AvgIpc) is 3.23. The maximum Gasteiger partial charge on any atom is 0.322 e. The van der Waals surface area contributed by atoms with Crippen molar-refractivity contribution in [2.75, 3.05) is 18.4 Å². The summed E-state index contributed by atoms with van der Waals surface area (Å²) in [7, 11) is -3.56. The van der Waals surface area contributed by atoms with Gasteiger partial charge in [-0.15, -0.1) is 5.10 Å². The highest BCUT2D eigenvalue weighted by molar-refractivity contribution is 7.89. The second-order valence-corrected chi connectivity index (χ2v) is 10.6. The predicted octanol–water partition coefficient (Wildman–Crippen LogP) is 3.95. The summed E-state index contributed by atoms with van der Waals surface area (Å²) in [4.78, 5) is 12.8. The Balaban J connectivity index is 1.40. The quantitative estimate of drug-likeness (QED) is 0.587. The van der Waals surface area contributed by atoms with E-state index in [0.29, 0.717) is 36.9 Å². The Morgan fingerprint density at radius 2 is 1.79 bits per heavy atom. The van der Waals surface area contributed by atoms with Crippen LogP contribution >= 0.6 is 0 Å². The van der Waals surface area contributed by atoms with Gasteiger partial charge in [0.1, 0.15) is 0 Å². The van der Waals surface area contributed by atoms with Crippen LogP contribution in [0.4, 0.5) is 6.01 Å². The van der Waals surface area contributed by atoms with E-state index in [4.69, 9.17) is 4.42 Å². The van der Waals surface area contributed by atoms with Gasteiger partial charge in [-0.05, 0) is 68.0 Å². The van der Waals surface area contributed by atoms with Crippen molar-refractivity contribution >= 4 is 21.9 Å². The molecule has 1 N–H and O–H groups in total. The van der Waals surface area contributed by atoms with Crippen molar-refractivity contribution in [1.29, 1.82) is 0 Å². The van der Waals surface area contributed by atoms with Gasteiger partial charge in [0, 0.05) is 18.7 Å². The lowest BCUT2D eigenvalue weighted by atomic mass is 10.0. The summed E-state index contributed by atoms with van der Waals surface area (Å²) in [6.07, 6.45) is 2.18. The molecule has 1 aliphatic heterocycles. The van der Waals surface area contributed by atoms with Crippen LogP contribution in [-0.4, -0.2) is 41.9 Å². The minimum absolute atomic E-state index is 0.00102. The molecule has 0 saturated carbocycles. The van der Waals surface area contributed by atoms with Crippen LogP contribution in [0.5, 0.6) is 0 Å². The molecule has 0 radical (unpaired) electrons. The number of hydrogen-bond acceptors (Lipinski definition) is 6. The number of aromatic nitrogens is 2. The first-order valence-corrected chi connectivity index (χ1v) is 12.5. The van der Waals surface area contributed by atoms with Crippen molar-refractivity contribution in [3.63, 3.8) is 0 Å². The second-order valence-electron chi connectivity index (χ2n) is 8.67. The fourth-order valence-corrected chi connectivity index (χ4v) is 5.37. The molecule has 3 aromatic rings. The van der Waals surface area contributed by atoms with Gasteiger partial charge >= 0.3 is 6.01 Å². The Hall–Kier alpha value is -3.04. The lowest BCUT2D eigenvalue weighted by Gasteiger charge is -2.29. The van der Waals surface area contributed by atoms with Gasteiger partial charge in [0.05, 0.1) is 11.3 Å². The number of aryl methyl sites for hydroxylation is 2. The first-order valence-electron chi connectivity index (χ1n) is 11.0. The third-order valence-corrected chi connectivity index (χ3v) is 7.94. The third-order valence-electron chi connectivity index (χ3n) is 6.02. The maximum atomic E-state index is 12.9. The van der Waals surface area contributed by atoms with Crippen molar-refractivity contribution in [2.24, 2.45) is 5.92 Å². The monoisotopic (exact) mass is 468 g/mol. The number of piperidine rings is 1. The molecule has 2 aromatic carbocycles. The SMILES string of the molecule is Cc1ccc(Cc2nnc(NC(=O)c3ccc(S(=O)(=O)N4CCC(C)CC4)cc3)o2)c(C)c1. The highest BCUT2D eigenvalue weighted by Crippen LogP contribution is 2.24. The molecule has 8 nitrogen and oxygen atoms in total. The zero-order valence-corrected chi connectivity index (χ0v) is 19.9. The van der Waals surface area contributed by atoms with Crippen molar-refractivity contribution in [1.82, 2.24) is 14.5 Å². The Kier molecular flexibility index (Phi) is 6.62. The number of rotatable bonds is 6. The molecule has 2 heterocycles. The van der Waals surface area contributed by atoms with Gasteiger partial charge in [0.15, 0.2) is 0 Å². The summed E-state index contributed by atoms with van der Waals surface area (Å²) in [5.41, 5.74) is 3.68. The number of sulfonamides is 1. The van der Waals surface area contributed by atoms with E-state index in [1.54, 1.807) is 0 Å². The van der Waals surface area contributed by atoms with Crippen LogP contribution in [0, 0.1) is 19.8 Å². The summed E-state index contributed by atoms with van der Waals surface area (Å²) in [5.74, 6) is 0.482. The van der Waals surface area contributed by atoms with Gasteiger partial charge in [-0.25, -0.2) is 8.42 Å². The van der Waals surface area contributed by atoms with Crippen LogP contribution in [0.3, 0.4) is 0 Å². The zero-order chi connectivity index (χ0) is 23.6. The van der Waals surface area contributed by atoms with Gasteiger partial charge < -0.3 is 4.42 Å². The van der Waals surface area contributed by atoms with E-state index >= 15 is 0 Å². The molecule has 9 heteroatoms. The molecule has 174 valence electrons. The number of carbonyl (C=O) groups is 1. The van der Waals surface area contributed by atoms with Gasteiger partial charge in [0.2, 0.25) is 15.9 Å². The Labute approximate surface area is 194 Å². The largest absolute Gasteiger partial charge is 0.407 e. The molecule has 1 aliphatic rings. The summed E-state index contributed by atoms with van der Waals surface area (Å²) in [5, 5.41) is 10.5. The van der Waals surface area contributed by atoms with Gasteiger partial charge in [0.25, 0.3) is 5.91 Å². The van der Waals surface area contributed by atoms with E-state index < -0.39 is 15.9 Å². The second kappa shape index (κ2) is 9.44. The van der Waals surface area contributed by atoms with Gasteiger partial charge in [-0.1, -0.05) is 35.8 Å². The highest BCUT2D eigenvalue weighted by atomic mass is 32.2. The van der Waals surface area contributed by atoms with E-state index in [9.17, 15) is 13.2 Å². The molecule has 1 saturated heterocycles. The fourth-order valence-electron chi connectivity index (χ4n) is 3.90. The highest BCUT2D eigenvalue weighted by Gasteiger charge is 2.28. The lowest BCUT2D eigenvalue weighted by molar-refractivity contribution is 0.102. The molecule has 1 aromatic heterocycles. The lowest BCUT2D eigenvalue weighted by Crippen LogP contribution is -2.37. The Morgan fingerprint density at radius 1 is 1.09 bits per heavy atom. The van der Waals surface area contributed by atoms with E-state index in [1.807, 2.05) is 26.0 Å². The topological polar surface area (TPSA) is 105 Å². The Morgan fingerprint density at radius 3 is 2.45 bits per heavy atom. The predicted molar refractivity (Wildman–Crippen MR) is 125 cm³/mol. The van der Waals surface area contributed by atoms with Crippen LogP contribution in [-0.2, 0) is 16.4 Å². The molecule has 0 unspecified atom stereocenters. The summed E-state index contributed by atoms with van der Waals surface area (Å²) < 4.78 is 32.8. The molecule has 0 bridgehead atoms. The summed E-state index contributed by atoms with van der Waals surface area (Å²) >= 11 is 0. The molecule has 33 heavy (non-hydrogen) atoms. The molecule has 0 aliphatic carbocycles. The molecule has 0 atom stereocenters. The van der Waals surface area contributed by atoms with E-state index in [-0.39, 0.29) is 10.9 Å². The molecule has 1 amide bonds. The number of anilines is 1. The summed E-state index contributed by atoms with van der Waals surface area (Å²) in [6.45, 7) is 7.23. The van der Waals surface area contributed by atoms with Crippen molar-refractivity contribution < 1.29 is 17.6 Å². The van der Waals surface area contributed by atoms with Gasteiger partial charge in [-0.2, -0.15) is 4.31 Å². The van der Waals surface area contributed by atoms with Crippen molar-refractivity contribution in [2.45, 2.75) is 44.9 Å². The van der Waals surface area contributed by atoms with Crippen LogP contribution < -0.4 is 5.32 Å². The van der Waals surface area contributed by atoms with Crippen LogP contribution in [0.2, 0.25) is 0 Å². The smallest absolute Gasteiger partial charge is 0.322 e. The van der Waals surface area contributed by atoms with E-state index in [2.05, 4.69) is 28.5 Å². The van der Waals surface area contributed by atoms with Crippen LogP contribution in [0.25, 0.3) is 0 Å². The molecular formula is C24H28N4O4S. The first-order chi connectivity index (χ1) is 15.7. The molecule has 4 rings (SSSR count). The zero-order valence-electron chi connectivity index (χ0n) is 19.0. The average molecular weight is 469 g/mol. The minimum Gasteiger partial charge on any atom is -0.407 e. The number of amides is 1. The third kappa shape index (κ3) is 5.31. The number of hydrogen-bond donors (Lipinski definition) is 1. The number of nitrogens with one attached hydrogen (secondary N) is 1. The molecular weight excluding hydrogens is 440 g/mol. The maximum absolute atomic E-state index is 12.9. The first kappa shape index (κ1) is 23.1.